The van der Waals surface area contributed by atoms with E-state index < -0.39 is 0 Å². The van der Waals surface area contributed by atoms with Gasteiger partial charge in [0.15, 0.2) is 5.82 Å². The summed E-state index contributed by atoms with van der Waals surface area (Å²) in [4.78, 5) is 12.7. The number of anilines is 1. The second kappa shape index (κ2) is 6.12. The minimum atomic E-state index is -0.0977. The van der Waals surface area contributed by atoms with Gasteiger partial charge in [0.1, 0.15) is 0 Å². The molecule has 4 nitrogen and oxygen atoms in total. The first kappa shape index (κ1) is 14.0. The molecule has 0 bridgehead atoms. The quantitative estimate of drug-likeness (QED) is 0.850. The van der Waals surface area contributed by atoms with E-state index >= 15 is 0 Å². The molecule has 0 atom stereocenters. The molecule has 0 aliphatic rings. The van der Waals surface area contributed by atoms with Crippen LogP contribution in [0.25, 0.3) is 0 Å². The SMILES string of the molecule is Cc1[nH]nc(NC(=O)CSc2ccccc2Cl)c1C. The third-order valence-corrected chi connectivity index (χ3v) is 4.22. The van der Waals surface area contributed by atoms with Crippen LogP contribution in [0, 0.1) is 13.8 Å². The van der Waals surface area contributed by atoms with Gasteiger partial charge in [0, 0.05) is 16.2 Å². The predicted molar refractivity (Wildman–Crippen MR) is 78.9 cm³/mol. The first-order valence-electron chi connectivity index (χ1n) is 5.76. The van der Waals surface area contributed by atoms with Crippen molar-refractivity contribution in [3.05, 3.63) is 40.5 Å². The number of thioether (sulfide) groups is 1. The van der Waals surface area contributed by atoms with Crippen LogP contribution >= 0.6 is 23.4 Å². The summed E-state index contributed by atoms with van der Waals surface area (Å²) >= 11 is 7.43. The molecule has 6 heteroatoms. The van der Waals surface area contributed by atoms with E-state index in [0.717, 1.165) is 16.2 Å². The molecule has 0 unspecified atom stereocenters. The number of aromatic amines is 1. The predicted octanol–water partition coefficient (Wildman–Crippen LogP) is 3.41. The van der Waals surface area contributed by atoms with E-state index in [1.54, 1.807) is 0 Å². The largest absolute Gasteiger partial charge is 0.308 e. The molecule has 1 heterocycles. The van der Waals surface area contributed by atoms with Gasteiger partial charge in [0.05, 0.1) is 10.8 Å². The third kappa shape index (κ3) is 3.52. The number of carbonyl (C=O) groups excluding carboxylic acids is 1. The molecular weight excluding hydrogens is 282 g/mol. The number of benzene rings is 1. The molecule has 2 aromatic rings. The van der Waals surface area contributed by atoms with Crippen molar-refractivity contribution in [2.75, 3.05) is 11.1 Å². The Morgan fingerprint density at radius 3 is 2.79 bits per heavy atom. The summed E-state index contributed by atoms with van der Waals surface area (Å²) in [5, 5.41) is 10.3. The molecule has 0 saturated carbocycles. The molecule has 100 valence electrons. The van der Waals surface area contributed by atoms with Crippen molar-refractivity contribution in [2.24, 2.45) is 0 Å². The Hall–Kier alpha value is -1.46. The maximum Gasteiger partial charge on any atom is 0.235 e. The maximum atomic E-state index is 11.8. The number of hydrogen-bond donors (Lipinski definition) is 2. The van der Waals surface area contributed by atoms with Crippen LogP contribution in [0.15, 0.2) is 29.2 Å². The molecule has 1 aromatic heterocycles. The van der Waals surface area contributed by atoms with E-state index in [1.807, 2.05) is 38.1 Å². The molecule has 0 saturated heterocycles. The van der Waals surface area contributed by atoms with Crippen molar-refractivity contribution >= 4 is 35.1 Å². The van der Waals surface area contributed by atoms with Crippen LogP contribution in [0.1, 0.15) is 11.3 Å². The Bertz CT molecular complexity index is 597. The number of carbonyl (C=O) groups is 1. The molecule has 2 N–H and O–H groups in total. The molecule has 1 amide bonds. The normalized spacial score (nSPS) is 10.5. The minimum absolute atomic E-state index is 0.0977. The Balaban J connectivity index is 1.92. The lowest BCUT2D eigenvalue weighted by Gasteiger charge is -2.04. The summed E-state index contributed by atoms with van der Waals surface area (Å²) in [5.74, 6) is 0.788. The van der Waals surface area contributed by atoms with Gasteiger partial charge in [-0.15, -0.1) is 11.8 Å². The summed E-state index contributed by atoms with van der Waals surface area (Å²) in [6.07, 6.45) is 0. The summed E-state index contributed by atoms with van der Waals surface area (Å²) in [5.41, 5.74) is 1.91. The average Bonchev–Trinajstić information content (AvgIpc) is 2.70. The minimum Gasteiger partial charge on any atom is -0.308 e. The molecule has 2 rings (SSSR count). The molecule has 19 heavy (non-hydrogen) atoms. The van der Waals surface area contributed by atoms with Gasteiger partial charge in [-0.25, -0.2) is 0 Å². The standard InChI is InChI=1S/C13H14ClN3OS/c1-8-9(2)16-17-13(8)15-12(18)7-19-11-6-4-3-5-10(11)14/h3-6H,7H2,1-2H3,(H2,15,16,17,18). The zero-order valence-electron chi connectivity index (χ0n) is 10.7. The number of nitrogens with one attached hydrogen (secondary N) is 2. The third-order valence-electron chi connectivity index (χ3n) is 2.71. The first-order chi connectivity index (χ1) is 9.08. The molecule has 0 spiro atoms. The van der Waals surface area contributed by atoms with E-state index in [9.17, 15) is 4.79 Å². The van der Waals surface area contributed by atoms with Gasteiger partial charge in [-0.1, -0.05) is 23.7 Å². The Morgan fingerprint density at radius 2 is 2.16 bits per heavy atom. The van der Waals surface area contributed by atoms with Gasteiger partial charge in [0.2, 0.25) is 5.91 Å². The van der Waals surface area contributed by atoms with Gasteiger partial charge in [-0.2, -0.15) is 5.10 Å². The number of nitrogens with zero attached hydrogens (tertiary/aromatic N) is 1. The number of H-pyrrole nitrogens is 1. The van der Waals surface area contributed by atoms with Crippen molar-refractivity contribution in [2.45, 2.75) is 18.7 Å². The summed E-state index contributed by atoms with van der Waals surface area (Å²) in [6, 6.07) is 7.46. The highest BCUT2D eigenvalue weighted by Crippen LogP contribution is 2.26. The molecular formula is C13H14ClN3OS. The average molecular weight is 296 g/mol. The van der Waals surface area contributed by atoms with Crippen LogP contribution in [0.4, 0.5) is 5.82 Å². The number of amides is 1. The highest BCUT2D eigenvalue weighted by molar-refractivity contribution is 8.00. The zero-order chi connectivity index (χ0) is 13.8. The molecule has 0 fully saturated rings. The Kier molecular flexibility index (Phi) is 4.50. The summed E-state index contributed by atoms with van der Waals surface area (Å²) in [6.45, 7) is 3.83. The van der Waals surface area contributed by atoms with Crippen LogP contribution in [-0.4, -0.2) is 21.9 Å². The fourth-order valence-corrected chi connectivity index (χ4v) is 2.52. The topological polar surface area (TPSA) is 57.8 Å². The van der Waals surface area contributed by atoms with Crippen molar-refractivity contribution in [3.63, 3.8) is 0 Å². The lowest BCUT2D eigenvalue weighted by molar-refractivity contribution is -0.113. The fraction of sp³-hybridized carbons (Fsp3) is 0.231. The summed E-state index contributed by atoms with van der Waals surface area (Å²) in [7, 11) is 0. The van der Waals surface area contributed by atoms with Crippen molar-refractivity contribution in [1.82, 2.24) is 10.2 Å². The Labute approximate surface area is 120 Å². The van der Waals surface area contributed by atoms with E-state index in [1.165, 1.54) is 11.8 Å². The second-order valence-corrected chi connectivity index (χ2v) is 5.51. The van der Waals surface area contributed by atoms with Gasteiger partial charge in [0.25, 0.3) is 0 Å². The molecule has 1 aromatic carbocycles. The number of aromatic nitrogens is 2. The highest BCUT2D eigenvalue weighted by atomic mass is 35.5. The fourth-order valence-electron chi connectivity index (χ4n) is 1.48. The number of halogens is 1. The van der Waals surface area contributed by atoms with Crippen LogP contribution in [-0.2, 0) is 4.79 Å². The molecule has 0 aliphatic carbocycles. The Morgan fingerprint density at radius 1 is 1.42 bits per heavy atom. The maximum absolute atomic E-state index is 11.8. The van der Waals surface area contributed by atoms with Crippen LogP contribution in [0.5, 0.6) is 0 Å². The number of hydrogen-bond acceptors (Lipinski definition) is 3. The van der Waals surface area contributed by atoms with Gasteiger partial charge in [-0.05, 0) is 26.0 Å². The first-order valence-corrected chi connectivity index (χ1v) is 7.13. The van der Waals surface area contributed by atoms with Crippen molar-refractivity contribution in [1.29, 1.82) is 0 Å². The van der Waals surface area contributed by atoms with E-state index in [-0.39, 0.29) is 5.91 Å². The summed E-state index contributed by atoms with van der Waals surface area (Å²) < 4.78 is 0. The number of aryl methyl sites for hydroxylation is 1. The van der Waals surface area contributed by atoms with E-state index in [0.29, 0.717) is 16.6 Å². The van der Waals surface area contributed by atoms with Crippen LogP contribution in [0.2, 0.25) is 5.02 Å². The van der Waals surface area contributed by atoms with Crippen molar-refractivity contribution in [3.8, 4) is 0 Å². The lowest BCUT2D eigenvalue weighted by atomic mass is 10.3. The highest BCUT2D eigenvalue weighted by Gasteiger charge is 2.10. The second-order valence-electron chi connectivity index (χ2n) is 4.09. The van der Waals surface area contributed by atoms with Gasteiger partial charge >= 0.3 is 0 Å². The van der Waals surface area contributed by atoms with Crippen LogP contribution < -0.4 is 5.32 Å². The van der Waals surface area contributed by atoms with Gasteiger partial charge < -0.3 is 5.32 Å². The van der Waals surface area contributed by atoms with Gasteiger partial charge in [-0.3, -0.25) is 9.89 Å². The molecule has 0 radical (unpaired) electrons. The molecule has 0 aliphatic heterocycles. The lowest BCUT2D eigenvalue weighted by Crippen LogP contribution is -2.15. The van der Waals surface area contributed by atoms with Crippen molar-refractivity contribution < 1.29 is 4.79 Å². The monoisotopic (exact) mass is 295 g/mol. The van der Waals surface area contributed by atoms with Crippen LogP contribution in [0.3, 0.4) is 0 Å². The van der Waals surface area contributed by atoms with E-state index in [4.69, 9.17) is 11.6 Å². The zero-order valence-corrected chi connectivity index (χ0v) is 12.2. The van der Waals surface area contributed by atoms with E-state index in [2.05, 4.69) is 15.5 Å². The smallest absolute Gasteiger partial charge is 0.235 e. The number of rotatable bonds is 4.